The molecule has 7 heteroatoms. The predicted octanol–water partition coefficient (Wildman–Crippen LogP) is 4.34. The Bertz CT molecular complexity index is 811. The lowest BCUT2D eigenvalue weighted by Gasteiger charge is -2.06. The van der Waals surface area contributed by atoms with Crippen LogP contribution in [0.25, 0.3) is 22.6 Å². The van der Waals surface area contributed by atoms with E-state index in [2.05, 4.69) is 15.3 Å². The van der Waals surface area contributed by atoms with Crippen LogP contribution in [0.1, 0.15) is 12.5 Å². The van der Waals surface area contributed by atoms with Crippen molar-refractivity contribution in [1.82, 2.24) is 9.97 Å². The number of halogens is 3. The van der Waals surface area contributed by atoms with E-state index in [1.54, 1.807) is 18.5 Å². The first kappa shape index (κ1) is 14.4. The molecule has 0 aliphatic heterocycles. The second kappa shape index (κ2) is 5.32. The topological polar surface area (TPSA) is 51.0 Å². The average molecular weight is 307 g/mol. The Kier molecular flexibility index (Phi) is 3.48. The fourth-order valence-corrected chi connectivity index (χ4v) is 2.13. The molecule has 4 nitrogen and oxygen atoms in total. The van der Waals surface area contributed by atoms with Gasteiger partial charge >= 0.3 is 6.18 Å². The Morgan fingerprint density at radius 3 is 2.77 bits per heavy atom. The lowest BCUT2D eigenvalue weighted by atomic mass is 10.2. The molecule has 0 amide bonds. The second-order valence-electron chi connectivity index (χ2n) is 4.65. The molecule has 1 N–H and O–H groups in total. The molecule has 0 spiro atoms. The molecule has 0 atom stereocenters. The number of alkyl halides is 3. The van der Waals surface area contributed by atoms with Crippen LogP contribution in [0.4, 0.5) is 18.9 Å². The van der Waals surface area contributed by atoms with Crippen LogP contribution in [-0.4, -0.2) is 16.5 Å². The lowest BCUT2D eigenvalue weighted by Crippen LogP contribution is -2.03. The number of aromatic nitrogens is 2. The SMILES string of the molecule is CCNc1cnccc1-c1nc2cc(C(F)(F)F)ccc2o1. The highest BCUT2D eigenvalue weighted by molar-refractivity contribution is 5.80. The maximum atomic E-state index is 12.7. The van der Waals surface area contributed by atoms with Crippen molar-refractivity contribution < 1.29 is 17.6 Å². The van der Waals surface area contributed by atoms with Gasteiger partial charge in [-0.3, -0.25) is 4.98 Å². The fourth-order valence-electron chi connectivity index (χ4n) is 2.13. The monoisotopic (exact) mass is 307 g/mol. The highest BCUT2D eigenvalue weighted by Crippen LogP contribution is 2.34. The third-order valence-electron chi connectivity index (χ3n) is 3.13. The summed E-state index contributed by atoms with van der Waals surface area (Å²) in [6.07, 6.45) is -1.21. The van der Waals surface area contributed by atoms with Crippen LogP contribution >= 0.6 is 0 Å². The zero-order valence-corrected chi connectivity index (χ0v) is 11.6. The van der Waals surface area contributed by atoms with Crippen molar-refractivity contribution in [2.45, 2.75) is 13.1 Å². The van der Waals surface area contributed by atoms with Crippen LogP contribution in [0.2, 0.25) is 0 Å². The van der Waals surface area contributed by atoms with Gasteiger partial charge in [-0.15, -0.1) is 0 Å². The van der Waals surface area contributed by atoms with Gasteiger partial charge in [0.2, 0.25) is 5.89 Å². The molecular formula is C15H12F3N3O. The zero-order valence-electron chi connectivity index (χ0n) is 11.6. The summed E-state index contributed by atoms with van der Waals surface area (Å²) in [5.41, 5.74) is 1.10. The van der Waals surface area contributed by atoms with Crippen molar-refractivity contribution in [1.29, 1.82) is 0 Å². The van der Waals surface area contributed by atoms with E-state index in [1.807, 2.05) is 6.92 Å². The molecule has 0 aliphatic rings. The first-order valence-corrected chi connectivity index (χ1v) is 6.65. The number of oxazole rings is 1. The van der Waals surface area contributed by atoms with Gasteiger partial charge < -0.3 is 9.73 Å². The highest BCUT2D eigenvalue weighted by atomic mass is 19.4. The molecule has 0 unspecified atom stereocenters. The number of hydrogen-bond acceptors (Lipinski definition) is 4. The van der Waals surface area contributed by atoms with E-state index in [0.717, 1.165) is 12.1 Å². The Morgan fingerprint density at radius 1 is 1.23 bits per heavy atom. The maximum Gasteiger partial charge on any atom is 0.416 e. The number of anilines is 1. The number of nitrogens with one attached hydrogen (secondary N) is 1. The number of nitrogens with zero attached hydrogens (tertiary/aromatic N) is 2. The minimum atomic E-state index is -4.40. The van der Waals surface area contributed by atoms with Crippen LogP contribution in [0.3, 0.4) is 0 Å². The molecule has 0 saturated heterocycles. The van der Waals surface area contributed by atoms with Crippen LogP contribution in [-0.2, 0) is 6.18 Å². The summed E-state index contributed by atoms with van der Waals surface area (Å²) < 4.78 is 43.8. The minimum Gasteiger partial charge on any atom is -0.436 e. The van der Waals surface area contributed by atoms with Gasteiger partial charge in [0.25, 0.3) is 0 Å². The summed E-state index contributed by atoms with van der Waals surface area (Å²) in [5, 5.41) is 3.11. The van der Waals surface area contributed by atoms with Gasteiger partial charge in [-0.05, 0) is 31.2 Å². The first-order chi connectivity index (χ1) is 10.5. The third-order valence-corrected chi connectivity index (χ3v) is 3.13. The summed E-state index contributed by atoms with van der Waals surface area (Å²) in [7, 11) is 0. The number of hydrogen-bond donors (Lipinski definition) is 1. The number of rotatable bonds is 3. The molecule has 3 rings (SSSR count). The van der Waals surface area contributed by atoms with Crippen molar-refractivity contribution in [3.05, 3.63) is 42.2 Å². The quantitative estimate of drug-likeness (QED) is 0.782. The average Bonchev–Trinajstić information content (AvgIpc) is 2.90. The molecule has 2 aromatic heterocycles. The van der Waals surface area contributed by atoms with E-state index in [4.69, 9.17) is 4.42 Å². The van der Waals surface area contributed by atoms with Crippen molar-refractivity contribution in [3.8, 4) is 11.5 Å². The van der Waals surface area contributed by atoms with Gasteiger partial charge in [0.1, 0.15) is 5.52 Å². The molecule has 0 radical (unpaired) electrons. The Labute approximate surface area is 124 Å². The number of pyridine rings is 1. The molecule has 0 bridgehead atoms. The summed E-state index contributed by atoms with van der Waals surface area (Å²) >= 11 is 0. The summed E-state index contributed by atoms with van der Waals surface area (Å²) in [6.45, 7) is 2.61. The molecule has 0 aliphatic carbocycles. The maximum absolute atomic E-state index is 12.7. The summed E-state index contributed by atoms with van der Waals surface area (Å²) in [4.78, 5) is 8.17. The third kappa shape index (κ3) is 2.61. The summed E-state index contributed by atoms with van der Waals surface area (Å²) in [5.74, 6) is 0.257. The van der Waals surface area contributed by atoms with Crippen molar-refractivity contribution in [3.63, 3.8) is 0 Å². The molecule has 3 aromatic rings. The molecule has 0 fully saturated rings. The smallest absolute Gasteiger partial charge is 0.416 e. The van der Waals surface area contributed by atoms with E-state index in [-0.39, 0.29) is 11.4 Å². The van der Waals surface area contributed by atoms with Gasteiger partial charge in [-0.1, -0.05) is 0 Å². The van der Waals surface area contributed by atoms with Crippen LogP contribution in [0.15, 0.2) is 41.1 Å². The van der Waals surface area contributed by atoms with Crippen molar-refractivity contribution >= 4 is 16.8 Å². The Hall–Kier alpha value is -2.57. The van der Waals surface area contributed by atoms with Crippen molar-refractivity contribution in [2.24, 2.45) is 0 Å². The first-order valence-electron chi connectivity index (χ1n) is 6.65. The van der Waals surface area contributed by atoms with Gasteiger partial charge in [0.05, 0.1) is 23.0 Å². The molecular weight excluding hydrogens is 295 g/mol. The van der Waals surface area contributed by atoms with E-state index in [0.29, 0.717) is 23.4 Å². The summed E-state index contributed by atoms with van der Waals surface area (Å²) in [6, 6.07) is 4.95. The molecule has 1 aromatic carbocycles. The Morgan fingerprint density at radius 2 is 2.05 bits per heavy atom. The highest BCUT2D eigenvalue weighted by Gasteiger charge is 2.31. The molecule has 0 saturated carbocycles. The van der Waals surface area contributed by atoms with Crippen LogP contribution < -0.4 is 5.32 Å². The minimum absolute atomic E-state index is 0.170. The Balaban J connectivity index is 2.09. The molecule has 22 heavy (non-hydrogen) atoms. The van der Waals surface area contributed by atoms with Gasteiger partial charge in [-0.2, -0.15) is 13.2 Å². The van der Waals surface area contributed by atoms with Gasteiger partial charge in [0.15, 0.2) is 5.58 Å². The number of benzene rings is 1. The standard InChI is InChI=1S/C15H12F3N3O/c1-2-20-12-8-19-6-5-10(12)14-21-11-7-9(15(16,17)18)3-4-13(11)22-14/h3-8,20H,2H2,1H3. The van der Waals surface area contributed by atoms with Gasteiger partial charge in [0, 0.05) is 12.7 Å². The fraction of sp³-hybridized carbons (Fsp3) is 0.200. The largest absolute Gasteiger partial charge is 0.436 e. The van der Waals surface area contributed by atoms with Gasteiger partial charge in [-0.25, -0.2) is 4.98 Å². The lowest BCUT2D eigenvalue weighted by molar-refractivity contribution is -0.137. The van der Waals surface area contributed by atoms with Crippen LogP contribution in [0.5, 0.6) is 0 Å². The van der Waals surface area contributed by atoms with Crippen molar-refractivity contribution in [2.75, 3.05) is 11.9 Å². The van der Waals surface area contributed by atoms with E-state index in [9.17, 15) is 13.2 Å². The number of fused-ring (bicyclic) bond motifs is 1. The normalized spacial score (nSPS) is 11.8. The zero-order chi connectivity index (χ0) is 15.7. The predicted molar refractivity (Wildman–Crippen MR) is 76.4 cm³/mol. The van der Waals surface area contributed by atoms with E-state index in [1.165, 1.54) is 6.07 Å². The van der Waals surface area contributed by atoms with Crippen LogP contribution in [0, 0.1) is 0 Å². The second-order valence-corrected chi connectivity index (χ2v) is 4.65. The molecule has 114 valence electrons. The molecule has 2 heterocycles. The van der Waals surface area contributed by atoms with E-state index < -0.39 is 11.7 Å². The van der Waals surface area contributed by atoms with E-state index >= 15 is 0 Å².